The van der Waals surface area contributed by atoms with E-state index in [9.17, 15) is 0 Å². The van der Waals surface area contributed by atoms with Crippen LogP contribution in [-0.4, -0.2) is 0 Å². The molecule has 3 nitrogen and oxygen atoms in total. The van der Waals surface area contributed by atoms with Crippen LogP contribution in [0.25, 0.3) is 98.4 Å². The number of fused-ring (bicyclic) bond motifs is 13. The minimum Gasteiger partial charge on any atom is -0.456 e. The number of nitrogens with zero attached hydrogens (tertiary/aromatic N) is 2. The highest BCUT2D eigenvalue weighted by Crippen LogP contribution is 2.53. The Morgan fingerprint density at radius 3 is 1.21 bits per heavy atom. The molecule has 13 aromatic carbocycles. The third-order valence-electron chi connectivity index (χ3n) is 16.2. The molecular formula is C73H50N2O. The van der Waals surface area contributed by atoms with Crippen LogP contribution in [0.1, 0.15) is 25.0 Å². The lowest BCUT2D eigenvalue weighted by atomic mass is 9.82. The second-order valence-electron chi connectivity index (χ2n) is 20.8. The lowest BCUT2D eigenvalue weighted by Crippen LogP contribution is -2.17. The van der Waals surface area contributed by atoms with Crippen LogP contribution in [0.3, 0.4) is 0 Å². The molecule has 0 amide bonds. The molecule has 15 rings (SSSR count). The van der Waals surface area contributed by atoms with Gasteiger partial charge in [0, 0.05) is 50.3 Å². The molecule has 0 unspecified atom stereocenters. The van der Waals surface area contributed by atoms with Crippen LogP contribution >= 0.6 is 0 Å². The van der Waals surface area contributed by atoms with Gasteiger partial charge in [-0.05, 0) is 179 Å². The van der Waals surface area contributed by atoms with Gasteiger partial charge >= 0.3 is 0 Å². The molecule has 0 saturated heterocycles. The first-order valence-electron chi connectivity index (χ1n) is 26.3. The molecule has 1 aliphatic carbocycles. The summed E-state index contributed by atoms with van der Waals surface area (Å²) in [5, 5.41) is 12.3. The molecule has 0 radical (unpaired) electrons. The predicted molar refractivity (Wildman–Crippen MR) is 322 cm³/mol. The molecule has 3 heteroatoms. The first kappa shape index (κ1) is 43.8. The topological polar surface area (TPSA) is 19.6 Å². The molecule has 0 spiro atoms. The second-order valence-corrected chi connectivity index (χ2v) is 20.8. The van der Waals surface area contributed by atoms with E-state index in [1.54, 1.807) is 0 Å². The first-order chi connectivity index (χ1) is 37.4. The molecule has 76 heavy (non-hydrogen) atoms. The van der Waals surface area contributed by atoms with Gasteiger partial charge in [0.2, 0.25) is 0 Å². The summed E-state index contributed by atoms with van der Waals surface area (Å²) in [4.78, 5) is 4.82. The average Bonchev–Trinajstić information content (AvgIpc) is 4.07. The average molecular weight is 971 g/mol. The van der Waals surface area contributed by atoms with Crippen molar-refractivity contribution in [3.8, 4) is 33.4 Å². The Balaban J connectivity index is 0.860. The summed E-state index contributed by atoms with van der Waals surface area (Å²) in [7, 11) is 0. The van der Waals surface area contributed by atoms with E-state index in [2.05, 4.69) is 278 Å². The summed E-state index contributed by atoms with van der Waals surface area (Å²) in [5.74, 6) is 0. The van der Waals surface area contributed by atoms with E-state index in [0.29, 0.717) is 0 Å². The number of furan rings is 1. The van der Waals surface area contributed by atoms with Crippen LogP contribution in [0, 0.1) is 0 Å². The second kappa shape index (κ2) is 17.2. The Kier molecular flexibility index (Phi) is 9.92. The Morgan fingerprint density at radius 2 is 0.632 bits per heavy atom. The van der Waals surface area contributed by atoms with Crippen molar-refractivity contribution in [2.45, 2.75) is 19.3 Å². The highest BCUT2D eigenvalue weighted by Gasteiger charge is 2.37. The molecule has 0 N–H and O–H groups in total. The summed E-state index contributed by atoms with van der Waals surface area (Å²) >= 11 is 0. The van der Waals surface area contributed by atoms with Crippen LogP contribution in [-0.2, 0) is 5.41 Å². The lowest BCUT2D eigenvalue weighted by molar-refractivity contribution is 0.660. The number of para-hydroxylation sites is 3. The quantitative estimate of drug-likeness (QED) is 0.142. The SMILES string of the molecule is CC1(C)c2cc(N(c3ccccc3)c3ccccc3)ccc2-c2ccc(N(c3ccc(-c4ccc(-c5ccc6oc7ccccc7c6c5)c5ccccc45)cc3)c3ccc4c5ccccc5c5ccccc5c4c3)cc21. The van der Waals surface area contributed by atoms with Crippen molar-refractivity contribution in [1.29, 1.82) is 0 Å². The number of anilines is 6. The van der Waals surface area contributed by atoms with E-state index < -0.39 is 0 Å². The zero-order valence-corrected chi connectivity index (χ0v) is 42.2. The Bertz CT molecular complexity index is 4530. The summed E-state index contributed by atoms with van der Waals surface area (Å²) < 4.78 is 6.22. The Labute approximate surface area is 441 Å². The number of rotatable bonds is 8. The van der Waals surface area contributed by atoms with Gasteiger partial charge in [0.15, 0.2) is 0 Å². The Morgan fingerprint density at radius 1 is 0.250 bits per heavy atom. The summed E-state index contributed by atoms with van der Waals surface area (Å²) in [6.45, 7) is 4.78. The van der Waals surface area contributed by atoms with Crippen LogP contribution < -0.4 is 9.80 Å². The van der Waals surface area contributed by atoms with Gasteiger partial charge in [-0.1, -0.05) is 190 Å². The van der Waals surface area contributed by atoms with Gasteiger partial charge in [-0.25, -0.2) is 0 Å². The maximum Gasteiger partial charge on any atom is 0.135 e. The lowest BCUT2D eigenvalue weighted by Gasteiger charge is -2.29. The molecule has 0 atom stereocenters. The minimum absolute atomic E-state index is 0.283. The maximum absolute atomic E-state index is 6.22. The number of hydrogen-bond acceptors (Lipinski definition) is 3. The zero-order valence-electron chi connectivity index (χ0n) is 42.2. The molecule has 14 aromatic rings. The van der Waals surface area contributed by atoms with Crippen LogP contribution in [0.4, 0.5) is 34.1 Å². The number of benzene rings is 13. The minimum atomic E-state index is -0.283. The fourth-order valence-corrected chi connectivity index (χ4v) is 12.6. The van der Waals surface area contributed by atoms with E-state index in [4.69, 9.17) is 4.42 Å². The summed E-state index contributed by atoms with van der Waals surface area (Å²) in [6, 6.07) is 97.8. The molecule has 1 aliphatic rings. The fraction of sp³-hybridized carbons (Fsp3) is 0.0411. The molecule has 0 bridgehead atoms. The summed E-state index contributed by atoms with van der Waals surface area (Å²) in [5.41, 5.74) is 18.2. The molecular weight excluding hydrogens is 921 g/mol. The Hall–Kier alpha value is -9.70. The van der Waals surface area contributed by atoms with Crippen molar-refractivity contribution in [1.82, 2.24) is 0 Å². The van der Waals surface area contributed by atoms with Crippen LogP contribution in [0.2, 0.25) is 0 Å². The monoisotopic (exact) mass is 970 g/mol. The van der Waals surface area contributed by atoms with Crippen molar-refractivity contribution in [3.05, 3.63) is 278 Å². The smallest absolute Gasteiger partial charge is 0.135 e. The van der Waals surface area contributed by atoms with Gasteiger partial charge in [-0.3, -0.25) is 0 Å². The standard InChI is InChI=1S/C73H50N2O/c1-73(2)69-45-53(74(49-17-5-3-6-18-49)50-19-7-4-8-20-50)35-38-64(69)65-39-36-54(46-70(65)73)75(52-34-37-63-61-25-12-11-23-59(61)60-24-13-14-26-62(60)67(63)44-52)51-32-29-47(30-33-51)55-40-41-56(58-22-10-9-21-57(55)58)48-31-42-72-68(43-48)66-27-15-16-28-71(66)76-72/h3-46H,1-2H3. The molecule has 0 saturated carbocycles. The van der Waals surface area contributed by atoms with Crippen molar-refractivity contribution < 1.29 is 4.42 Å². The van der Waals surface area contributed by atoms with E-state index >= 15 is 0 Å². The van der Waals surface area contributed by atoms with Gasteiger partial charge in [0.05, 0.1) is 0 Å². The van der Waals surface area contributed by atoms with Gasteiger partial charge in [-0.2, -0.15) is 0 Å². The van der Waals surface area contributed by atoms with E-state index in [1.807, 2.05) is 12.1 Å². The van der Waals surface area contributed by atoms with Crippen molar-refractivity contribution >= 4 is 99.2 Å². The van der Waals surface area contributed by atoms with Crippen molar-refractivity contribution in [3.63, 3.8) is 0 Å². The molecule has 0 fully saturated rings. The molecule has 1 heterocycles. The van der Waals surface area contributed by atoms with E-state index in [-0.39, 0.29) is 5.41 Å². The highest BCUT2D eigenvalue weighted by molar-refractivity contribution is 6.26. The maximum atomic E-state index is 6.22. The van der Waals surface area contributed by atoms with Gasteiger partial charge in [0.1, 0.15) is 11.2 Å². The molecule has 1 aromatic heterocycles. The third-order valence-corrected chi connectivity index (χ3v) is 16.2. The number of hydrogen-bond donors (Lipinski definition) is 0. The molecule has 0 aliphatic heterocycles. The highest BCUT2D eigenvalue weighted by atomic mass is 16.3. The third kappa shape index (κ3) is 6.90. The largest absolute Gasteiger partial charge is 0.456 e. The normalized spacial score (nSPS) is 12.7. The molecule has 358 valence electrons. The van der Waals surface area contributed by atoms with Gasteiger partial charge in [-0.15, -0.1) is 0 Å². The predicted octanol–water partition coefficient (Wildman–Crippen LogP) is 20.8. The first-order valence-corrected chi connectivity index (χ1v) is 26.3. The van der Waals surface area contributed by atoms with Crippen LogP contribution in [0.15, 0.2) is 271 Å². The zero-order chi connectivity index (χ0) is 50.5. The van der Waals surface area contributed by atoms with Gasteiger partial charge < -0.3 is 14.2 Å². The fourth-order valence-electron chi connectivity index (χ4n) is 12.6. The van der Waals surface area contributed by atoms with Crippen molar-refractivity contribution in [2.24, 2.45) is 0 Å². The van der Waals surface area contributed by atoms with Crippen molar-refractivity contribution in [2.75, 3.05) is 9.80 Å². The van der Waals surface area contributed by atoms with E-state index in [1.165, 1.54) is 87.6 Å². The van der Waals surface area contributed by atoms with Crippen LogP contribution in [0.5, 0.6) is 0 Å². The summed E-state index contributed by atoms with van der Waals surface area (Å²) in [6.07, 6.45) is 0. The van der Waals surface area contributed by atoms with E-state index in [0.717, 1.165) is 56.1 Å². The van der Waals surface area contributed by atoms with Gasteiger partial charge in [0.25, 0.3) is 0 Å².